The average Bonchev–Trinajstić information content (AvgIpc) is 2.77. The van der Waals surface area contributed by atoms with E-state index in [2.05, 4.69) is 26.1 Å². The van der Waals surface area contributed by atoms with Crippen LogP contribution in [0.3, 0.4) is 0 Å². The molecule has 0 radical (unpaired) electrons. The summed E-state index contributed by atoms with van der Waals surface area (Å²) < 4.78 is 10.8. The SMILES string of the molecule is COc1ccc(CNC(=O)[C@@]2(C)CCC[C@]3(C)c4cc(O)cc(C)c4CC[C@@H]23)c(OC)c1. The Morgan fingerprint density at radius 2 is 1.94 bits per heavy atom. The number of ether oxygens (including phenoxy) is 2. The summed E-state index contributed by atoms with van der Waals surface area (Å²) in [5.74, 6) is 2.10. The summed E-state index contributed by atoms with van der Waals surface area (Å²) in [4.78, 5) is 13.6. The molecule has 0 spiro atoms. The van der Waals surface area contributed by atoms with Crippen molar-refractivity contribution in [2.45, 2.75) is 64.8 Å². The normalized spacial score (nSPS) is 26.6. The number of rotatable bonds is 5. The first-order valence-electron chi connectivity index (χ1n) is 11.5. The number of phenols is 1. The Morgan fingerprint density at radius 3 is 2.66 bits per heavy atom. The highest BCUT2D eigenvalue weighted by atomic mass is 16.5. The van der Waals surface area contributed by atoms with Crippen LogP contribution in [0.25, 0.3) is 0 Å². The van der Waals surface area contributed by atoms with Crippen molar-refractivity contribution in [3.63, 3.8) is 0 Å². The molecule has 2 aromatic rings. The molecule has 2 N–H and O–H groups in total. The second kappa shape index (κ2) is 8.34. The number of carbonyl (C=O) groups excluding carboxylic acids is 1. The summed E-state index contributed by atoms with van der Waals surface area (Å²) in [7, 11) is 3.26. The van der Waals surface area contributed by atoms with Gasteiger partial charge in [0.15, 0.2) is 0 Å². The van der Waals surface area contributed by atoms with E-state index in [9.17, 15) is 9.90 Å². The van der Waals surface area contributed by atoms with E-state index in [-0.39, 0.29) is 17.2 Å². The van der Waals surface area contributed by atoms with Crippen LogP contribution in [0.15, 0.2) is 30.3 Å². The van der Waals surface area contributed by atoms with Crippen LogP contribution in [0, 0.1) is 18.3 Å². The smallest absolute Gasteiger partial charge is 0.226 e. The Kier molecular flexibility index (Phi) is 5.87. The van der Waals surface area contributed by atoms with Gasteiger partial charge in [-0.3, -0.25) is 4.79 Å². The van der Waals surface area contributed by atoms with Crippen LogP contribution in [0.2, 0.25) is 0 Å². The zero-order valence-corrected chi connectivity index (χ0v) is 19.9. The molecule has 5 heteroatoms. The van der Waals surface area contributed by atoms with Crippen LogP contribution in [-0.4, -0.2) is 25.2 Å². The van der Waals surface area contributed by atoms with E-state index < -0.39 is 5.41 Å². The van der Waals surface area contributed by atoms with Crippen molar-refractivity contribution in [2.24, 2.45) is 11.3 Å². The lowest BCUT2D eigenvalue weighted by Crippen LogP contribution is -2.55. The molecule has 2 aromatic carbocycles. The van der Waals surface area contributed by atoms with Gasteiger partial charge >= 0.3 is 0 Å². The minimum Gasteiger partial charge on any atom is -0.508 e. The lowest BCUT2D eigenvalue weighted by atomic mass is 9.49. The highest BCUT2D eigenvalue weighted by Gasteiger charge is 2.55. The van der Waals surface area contributed by atoms with Crippen molar-refractivity contribution in [3.05, 3.63) is 52.6 Å². The maximum Gasteiger partial charge on any atom is 0.226 e. The van der Waals surface area contributed by atoms with Crippen molar-refractivity contribution in [2.75, 3.05) is 14.2 Å². The van der Waals surface area contributed by atoms with E-state index in [1.165, 1.54) is 11.1 Å². The van der Waals surface area contributed by atoms with E-state index in [4.69, 9.17) is 9.47 Å². The fourth-order valence-electron chi connectivity index (χ4n) is 6.41. The number of fused-ring (bicyclic) bond motifs is 3. The Morgan fingerprint density at radius 1 is 1.16 bits per heavy atom. The van der Waals surface area contributed by atoms with Crippen molar-refractivity contribution in [1.29, 1.82) is 0 Å². The standard InChI is InChI=1S/C27H35NO4/c1-17-13-19(29)14-22-21(17)9-10-24-26(22,2)11-6-12-27(24,3)25(30)28-16-18-7-8-20(31-4)15-23(18)32-5/h7-8,13-15,24,29H,6,9-12,16H2,1-5H3,(H,28,30)/t24-,26-,27+/m1/s1. The predicted molar refractivity (Wildman–Crippen MR) is 125 cm³/mol. The first-order valence-corrected chi connectivity index (χ1v) is 11.5. The molecule has 4 rings (SSSR count). The van der Waals surface area contributed by atoms with Gasteiger partial charge in [0.1, 0.15) is 17.2 Å². The number of phenolic OH excluding ortho intramolecular Hbond substituents is 1. The zero-order chi connectivity index (χ0) is 23.1. The van der Waals surface area contributed by atoms with Crippen molar-refractivity contribution in [1.82, 2.24) is 5.32 Å². The van der Waals surface area contributed by atoms with Crippen molar-refractivity contribution >= 4 is 5.91 Å². The highest BCUT2D eigenvalue weighted by Crippen LogP contribution is 2.58. The third kappa shape index (κ3) is 3.62. The van der Waals surface area contributed by atoms with Crippen LogP contribution in [0.1, 0.15) is 61.8 Å². The van der Waals surface area contributed by atoms with Gasteiger partial charge in [0, 0.05) is 18.2 Å². The number of benzene rings is 2. The van der Waals surface area contributed by atoms with Crippen LogP contribution in [-0.2, 0) is 23.2 Å². The Hall–Kier alpha value is -2.69. The molecule has 0 saturated heterocycles. The van der Waals surface area contributed by atoms with Crippen LogP contribution < -0.4 is 14.8 Å². The fourth-order valence-corrected chi connectivity index (χ4v) is 6.41. The molecule has 1 saturated carbocycles. The molecule has 2 aliphatic carbocycles. The molecule has 0 aromatic heterocycles. The predicted octanol–water partition coefficient (Wildman–Crippen LogP) is 5.04. The molecule has 2 aliphatic rings. The molecule has 1 amide bonds. The summed E-state index contributed by atoms with van der Waals surface area (Å²) in [5.41, 5.74) is 4.11. The molecule has 0 aliphatic heterocycles. The molecule has 0 unspecified atom stereocenters. The number of nitrogens with one attached hydrogen (secondary N) is 1. The first-order chi connectivity index (χ1) is 15.2. The van der Waals surface area contributed by atoms with E-state index in [1.807, 2.05) is 30.3 Å². The Balaban J connectivity index is 1.59. The molecular formula is C27H35NO4. The van der Waals surface area contributed by atoms with Crippen LogP contribution in [0.5, 0.6) is 17.2 Å². The summed E-state index contributed by atoms with van der Waals surface area (Å²) >= 11 is 0. The number of hydrogen-bond acceptors (Lipinski definition) is 4. The molecule has 3 atom stereocenters. The summed E-state index contributed by atoms with van der Waals surface area (Å²) in [5, 5.41) is 13.5. The second-order valence-electron chi connectivity index (χ2n) is 9.93. The van der Waals surface area contributed by atoms with Gasteiger partial charge in [0.05, 0.1) is 19.6 Å². The molecule has 172 valence electrons. The quantitative estimate of drug-likeness (QED) is 0.687. The van der Waals surface area contributed by atoms with Gasteiger partial charge in [-0.25, -0.2) is 0 Å². The summed E-state index contributed by atoms with van der Waals surface area (Å²) in [6, 6.07) is 9.47. The highest BCUT2D eigenvalue weighted by molar-refractivity contribution is 5.83. The van der Waals surface area contributed by atoms with Gasteiger partial charge in [-0.05, 0) is 84.9 Å². The van der Waals surface area contributed by atoms with E-state index >= 15 is 0 Å². The van der Waals surface area contributed by atoms with Gasteiger partial charge < -0.3 is 19.9 Å². The third-order valence-electron chi connectivity index (χ3n) is 8.14. The Labute approximate surface area is 191 Å². The molecule has 32 heavy (non-hydrogen) atoms. The molecular weight excluding hydrogens is 402 g/mol. The maximum atomic E-state index is 13.6. The summed E-state index contributed by atoms with van der Waals surface area (Å²) in [6.45, 7) is 6.93. The monoisotopic (exact) mass is 437 g/mol. The zero-order valence-electron chi connectivity index (χ0n) is 19.9. The second-order valence-corrected chi connectivity index (χ2v) is 9.93. The number of carbonyl (C=O) groups is 1. The number of methoxy groups -OCH3 is 2. The Bertz CT molecular complexity index is 1030. The van der Waals surface area contributed by atoms with Gasteiger partial charge in [0.2, 0.25) is 5.91 Å². The van der Waals surface area contributed by atoms with Gasteiger partial charge in [0.25, 0.3) is 0 Å². The number of amides is 1. The lowest BCUT2D eigenvalue weighted by molar-refractivity contribution is -0.139. The average molecular weight is 438 g/mol. The summed E-state index contributed by atoms with van der Waals surface area (Å²) in [6.07, 6.45) is 4.87. The van der Waals surface area contributed by atoms with E-state index in [0.717, 1.165) is 49.0 Å². The van der Waals surface area contributed by atoms with Gasteiger partial charge in [-0.1, -0.05) is 20.3 Å². The fraction of sp³-hybridized carbons (Fsp3) is 0.519. The molecule has 1 fully saturated rings. The van der Waals surface area contributed by atoms with Crippen LogP contribution >= 0.6 is 0 Å². The molecule has 5 nitrogen and oxygen atoms in total. The largest absolute Gasteiger partial charge is 0.508 e. The van der Waals surface area contributed by atoms with E-state index in [1.54, 1.807) is 14.2 Å². The number of aromatic hydroxyl groups is 1. The lowest BCUT2D eigenvalue weighted by Gasteiger charge is -2.54. The van der Waals surface area contributed by atoms with E-state index in [0.29, 0.717) is 18.0 Å². The third-order valence-corrected chi connectivity index (χ3v) is 8.14. The number of aryl methyl sites for hydroxylation is 1. The minimum atomic E-state index is -0.455. The van der Waals surface area contributed by atoms with Crippen LogP contribution in [0.4, 0.5) is 0 Å². The minimum absolute atomic E-state index is 0.103. The topological polar surface area (TPSA) is 67.8 Å². The molecule has 0 bridgehead atoms. The van der Waals surface area contributed by atoms with Crippen molar-refractivity contribution in [3.8, 4) is 17.2 Å². The van der Waals surface area contributed by atoms with Crippen molar-refractivity contribution < 1.29 is 19.4 Å². The van der Waals surface area contributed by atoms with Gasteiger partial charge in [-0.15, -0.1) is 0 Å². The first kappa shape index (κ1) is 22.5. The van der Waals surface area contributed by atoms with Gasteiger partial charge in [-0.2, -0.15) is 0 Å². The maximum absolute atomic E-state index is 13.6. The molecule has 0 heterocycles. The number of hydrogen-bond donors (Lipinski definition) is 2.